The Hall–Kier alpha value is -2.68. The van der Waals surface area contributed by atoms with E-state index in [2.05, 4.69) is 10.1 Å². The van der Waals surface area contributed by atoms with Crippen molar-refractivity contribution in [1.29, 1.82) is 0 Å². The van der Waals surface area contributed by atoms with Crippen molar-refractivity contribution in [3.8, 4) is 0 Å². The van der Waals surface area contributed by atoms with Crippen molar-refractivity contribution in [2.45, 2.75) is 23.5 Å². The number of fused-ring (bicyclic) bond motifs is 1. The molecule has 0 aliphatic carbocycles. The molecule has 0 radical (unpaired) electrons. The number of alkyl halides is 1. The molecule has 1 saturated heterocycles. The molecule has 1 aromatic carbocycles. The first-order valence-corrected chi connectivity index (χ1v) is 9.58. The molecule has 3 heterocycles. The minimum Gasteiger partial charge on any atom is -0.364 e. The highest BCUT2D eigenvalue weighted by molar-refractivity contribution is 7.98. The molecule has 1 aliphatic rings. The van der Waals surface area contributed by atoms with Gasteiger partial charge < -0.3 is 10.6 Å². The van der Waals surface area contributed by atoms with Gasteiger partial charge in [-0.1, -0.05) is 0 Å². The van der Waals surface area contributed by atoms with Gasteiger partial charge in [0.05, 0.1) is 18.8 Å². The summed E-state index contributed by atoms with van der Waals surface area (Å²) in [5.74, 6) is -0.528. The van der Waals surface area contributed by atoms with Gasteiger partial charge in [0, 0.05) is 11.3 Å². The summed E-state index contributed by atoms with van der Waals surface area (Å²) in [5, 5.41) is 4.43. The second-order valence-electron chi connectivity index (χ2n) is 6.39. The summed E-state index contributed by atoms with van der Waals surface area (Å²) in [7, 11) is 0. The quantitative estimate of drug-likeness (QED) is 0.695. The number of anilines is 1. The SMILES string of the molecule is CSc1cc(F)cc([C@H]2C[C@H](F)CN2c2ccc3ncc(C(N)=O)n3n2)c1. The summed E-state index contributed by atoms with van der Waals surface area (Å²) in [6.45, 7) is 0.134. The average Bonchev–Trinajstić information content (AvgIpc) is 3.24. The summed E-state index contributed by atoms with van der Waals surface area (Å²) in [5.41, 5.74) is 6.67. The lowest BCUT2D eigenvalue weighted by atomic mass is 10.0. The van der Waals surface area contributed by atoms with E-state index in [0.717, 1.165) is 4.90 Å². The number of amides is 1. The first kappa shape index (κ1) is 17.7. The Morgan fingerprint density at radius 3 is 2.89 bits per heavy atom. The maximum absolute atomic E-state index is 14.3. The van der Waals surface area contributed by atoms with Gasteiger partial charge in [0.1, 0.15) is 23.5 Å². The molecule has 140 valence electrons. The molecule has 27 heavy (non-hydrogen) atoms. The molecular weight excluding hydrogens is 372 g/mol. The summed E-state index contributed by atoms with van der Waals surface area (Å²) >= 11 is 1.43. The van der Waals surface area contributed by atoms with E-state index in [1.165, 1.54) is 34.6 Å². The predicted molar refractivity (Wildman–Crippen MR) is 99.3 cm³/mol. The predicted octanol–water partition coefficient (Wildman–Crippen LogP) is 2.98. The van der Waals surface area contributed by atoms with E-state index in [4.69, 9.17) is 5.73 Å². The fourth-order valence-electron chi connectivity index (χ4n) is 3.43. The average molecular weight is 389 g/mol. The number of nitrogens with zero attached hydrogens (tertiary/aromatic N) is 4. The van der Waals surface area contributed by atoms with Crippen molar-refractivity contribution in [3.05, 3.63) is 53.6 Å². The first-order valence-electron chi connectivity index (χ1n) is 8.36. The molecule has 2 atom stereocenters. The number of rotatable bonds is 4. The molecule has 0 bridgehead atoms. The van der Waals surface area contributed by atoms with Crippen LogP contribution in [0, 0.1) is 5.82 Å². The number of imidazole rings is 1. The van der Waals surface area contributed by atoms with Crippen molar-refractivity contribution >= 4 is 29.1 Å². The second-order valence-corrected chi connectivity index (χ2v) is 7.27. The summed E-state index contributed by atoms with van der Waals surface area (Å²) in [6.07, 6.45) is 2.39. The fourth-order valence-corrected chi connectivity index (χ4v) is 3.92. The van der Waals surface area contributed by atoms with Crippen molar-refractivity contribution in [1.82, 2.24) is 14.6 Å². The van der Waals surface area contributed by atoms with Crippen LogP contribution in [0.5, 0.6) is 0 Å². The van der Waals surface area contributed by atoms with Gasteiger partial charge in [0.25, 0.3) is 5.91 Å². The lowest BCUT2D eigenvalue weighted by molar-refractivity contribution is 0.0993. The number of hydrogen-bond acceptors (Lipinski definition) is 5. The zero-order valence-corrected chi connectivity index (χ0v) is 15.3. The molecule has 2 N–H and O–H groups in total. The molecule has 0 unspecified atom stereocenters. The number of carbonyl (C=O) groups is 1. The Bertz CT molecular complexity index is 1020. The highest BCUT2D eigenvalue weighted by atomic mass is 32.2. The molecule has 1 fully saturated rings. The molecule has 9 heteroatoms. The number of aromatic nitrogens is 3. The summed E-state index contributed by atoms with van der Waals surface area (Å²) in [6, 6.07) is 7.80. The number of primary amides is 1. The maximum atomic E-state index is 14.3. The van der Waals surface area contributed by atoms with E-state index >= 15 is 0 Å². The normalized spacial score (nSPS) is 19.7. The van der Waals surface area contributed by atoms with E-state index in [9.17, 15) is 13.6 Å². The number of benzene rings is 1. The van der Waals surface area contributed by atoms with Crippen LogP contribution in [0.15, 0.2) is 41.4 Å². The minimum absolute atomic E-state index is 0.134. The summed E-state index contributed by atoms with van der Waals surface area (Å²) in [4.78, 5) is 18.2. The Kier molecular flexibility index (Phi) is 4.47. The smallest absolute Gasteiger partial charge is 0.269 e. The minimum atomic E-state index is -1.06. The van der Waals surface area contributed by atoms with Gasteiger partial charge in [-0.15, -0.1) is 16.9 Å². The molecule has 3 aromatic rings. The number of halogens is 2. The maximum Gasteiger partial charge on any atom is 0.269 e. The number of nitrogens with two attached hydrogens (primary N) is 1. The van der Waals surface area contributed by atoms with Crippen LogP contribution >= 0.6 is 11.8 Å². The van der Waals surface area contributed by atoms with Crippen LogP contribution in [0.4, 0.5) is 14.6 Å². The highest BCUT2D eigenvalue weighted by Crippen LogP contribution is 2.38. The van der Waals surface area contributed by atoms with Crippen molar-refractivity contribution in [2.24, 2.45) is 5.73 Å². The molecule has 1 amide bonds. The van der Waals surface area contributed by atoms with E-state index in [0.29, 0.717) is 17.0 Å². The van der Waals surface area contributed by atoms with Gasteiger partial charge in [0.2, 0.25) is 0 Å². The first-order chi connectivity index (χ1) is 13.0. The molecule has 1 aliphatic heterocycles. The fraction of sp³-hybridized carbons (Fsp3) is 0.278. The van der Waals surface area contributed by atoms with Crippen LogP contribution in [0.25, 0.3) is 5.65 Å². The van der Waals surface area contributed by atoms with E-state index < -0.39 is 12.1 Å². The van der Waals surface area contributed by atoms with Crippen molar-refractivity contribution < 1.29 is 13.6 Å². The largest absolute Gasteiger partial charge is 0.364 e. The Morgan fingerprint density at radius 1 is 1.33 bits per heavy atom. The molecular formula is C18H17F2N5OS. The van der Waals surface area contributed by atoms with Crippen LogP contribution in [0.3, 0.4) is 0 Å². The van der Waals surface area contributed by atoms with Crippen LogP contribution < -0.4 is 10.6 Å². The molecule has 6 nitrogen and oxygen atoms in total. The number of hydrogen-bond donors (Lipinski definition) is 1. The van der Waals surface area contributed by atoms with Gasteiger partial charge in [-0.2, -0.15) is 0 Å². The van der Waals surface area contributed by atoms with Gasteiger partial charge in [-0.3, -0.25) is 4.79 Å². The third-order valence-corrected chi connectivity index (χ3v) is 5.37. The monoisotopic (exact) mass is 389 g/mol. The van der Waals surface area contributed by atoms with Crippen LogP contribution in [-0.2, 0) is 0 Å². The zero-order chi connectivity index (χ0) is 19.1. The molecule has 2 aromatic heterocycles. The van der Waals surface area contributed by atoms with E-state index in [1.807, 2.05) is 12.3 Å². The van der Waals surface area contributed by atoms with Crippen LogP contribution in [-0.4, -0.2) is 39.5 Å². The van der Waals surface area contributed by atoms with E-state index in [1.54, 1.807) is 17.0 Å². The van der Waals surface area contributed by atoms with Gasteiger partial charge in [0.15, 0.2) is 5.65 Å². The van der Waals surface area contributed by atoms with Gasteiger partial charge in [-0.25, -0.2) is 18.3 Å². The third-order valence-electron chi connectivity index (χ3n) is 4.66. The Balaban J connectivity index is 1.77. The van der Waals surface area contributed by atoms with Crippen LogP contribution in [0.2, 0.25) is 0 Å². The van der Waals surface area contributed by atoms with Crippen LogP contribution in [0.1, 0.15) is 28.5 Å². The lowest BCUT2D eigenvalue weighted by Crippen LogP contribution is -2.26. The second kappa shape index (κ2) is 6.80. The van der Waals surface area contributed by atoms with Crippen molar-refractivity contribution in [2.75, 3.05) is 17.7 Å². The number of thioether (sulfide) groups is 1. The standard InChI is InChI=1S/C18H17F2N5OS/c1-27-13-5-10(4-11(19)6-13)14-7-12(20)9-24(14)17-3-2-16-22-8-15(18(21)26)25(16)23-17/h2-6,8,12,14H,7,9H2,1H3,(H2,21,26)/t12-,14+/m0/s1. The topological polar surface area (TPSA) is 76.5 Å². The van der Waals surface area contributed by atoms with E-state index in [-0.39, 0.29) is 30.5 Å². The highest BCUT2D eigenvalue weighted by Gasteiger charge is 2.35. The summed E-state index contributed by atoms with van der Waals surface area (Å²) < 4.78 is 29.6. The van der Waals surface area contributed by atoms with Gasteiger partial charge >= 0.3 is 0 Å². The molecule has 4 rings (SSSR count). The molecule has 0 spiro atoms. The van der Waals surface area contributed by atoms with Gasteiger partial charge in [-0.05, 0) is 42.2 Å². The molecule has 0 saturated carbocycles. The Labute approximate surface area is 158 Å². The third kappa shape index (κ3) is 3.23. The number of carbonyl (C=O) groups excluding carboxylic acids is 1. The lowest BCUT2D eigenvalue weighted by Gasteiger charge is -2.26. The Morgan fingerprint density at radius 2 is 2.15 bits per heavy atom. The zero-order valence-electron chi connectivity index (χ0n) is 14.5. The van der Waals surface area contributed by atoms with Crippen molar-refractivity contribution in [3.63, 3.8) is 0 Å².